The summed E-state index contributed by atoms with van der Waals surface area (Å²) in [6, 6.07) is 15.0. The number of rotatable bonds is 4. The van der Waals surface area contributed by atoms with Crippen LogP contribution in [0, 0.1) is 17.0 Å². The van der Waals surface area contributed by atoms with E-state index in [2.05, 4.69) is 0 Å². The van der Waals surface area contributed by atoms with Crippen LogP contribution < -0.4 is 4.90 Å². The molecule has 0 unspecified atom stereocenters. The number of carbonyl (C=O) groups is 2. The van der Waals surface area contributed by atoms with Crippen molar-refractivity contribution in [3.05, 3.63) is 92.9 Å². The molecule has 0 aliphatic carbocycles. The van der Waals surface area contributed by atoms with Crippen molar-refractivity contribution >= 4 is 23.1 Å². The van der Waals surface area contributed by atoms with Crippen LogP contribution in [0.1, 0.15) is 58.8 Å². The Morgan fingerprint density at radius 3 is 2.30 bits per heavy atom. The van der Waals surface area contributed by atoms with E-state index in [1.54, 1.807) is 30.0 Å². The number of Topliss-reactive ketones (excluding diaryl/α,β-unsaturated/α-hetero) is 1. The number of nitro benzene ring substituents is 1. The maximum Gasteiger partial charge on any atom is 0.269 e. The molecule has 0 saturated carbocycles. The fourth-order valence-corrected chi connectivity index (χ4v) is 4.26. The summed E-state index contributed by atoms with van der Waals surface area (Å²) in [6.07, 6.45) is 0. The Balaban J connectivity index is 1.92. The van der Waals surface area contributed by atoms with Crippen LogP contribution in [-0.2, 0) is 4.79 Å². The lowest BCUT2D eigenvalue weighted by atomic mass is 9.87. The van der Waals surface area contributed by atoms with Crippen molar-refractivity contribution in [3.8, 4) is 0 Å². The van der Waals surface area contributed by atoms with E-state index in [-0.39, 0.29) is 23.3 Å². The van der Waals surface area contributed by atoms with Crippen molar-refractivity contribution in [1.82, 2.24) is 0 Å². The third-order valence-corrected chi connectivity index (χ3v) is 5.53. The van der Waals surface area contributed by atoms with Crippen molar-refractivity contribution in [3.63, 3.8) is 0 Å². The summed E-state index contributed by atoms with van der Waals surface area (Å²) < 4.78 is 5.99. The maximum atomic E-state index is 12.7. The van der Waals surface area contributed by atoms with Crippen LogP contribution in [-0.4, -0.2) is 16.6 Å². The predicted molar refractivity (Wildman–Crippen MR) is 111 cm³/mol. The molecule has 30 heavy (non-hydrogen) atoms. The van der Waals surface area contributed by atoms with Crippen LogP contribution in [0.4, 0.5) is 11.4 Å². The lowest BCUT2D eigenvalue weighted by Gasteiger charge is -2.27. The highest BCUT2D eigenvalue weighted by Crippen LogP contribution is 2.52. The number of furan rings is 1. The molecule has 0 bridgehead atoms. The molecule has 0 fully saturated rings. The first-order chi connectivity index (χ1) is 14.3. The van der Waals surface area contributed by atoms with Gasteiger partial charge in [-0.1, -0.05) is 30.3 Å². The summed E-state index contributed by atoms with van der Waals surface area (Å²) in [5, 5.41) is 11.1. The number of anilines is 1. The smallest absolute Gasteiger partial charge is 0.269 e. The van der Waals surface area contributed by atoms with Gasteiger partial charge in [-0.25, -0.2) is 0 Å². The fraction of sp³-hybridized carbons (Fsp3) is 0.217. The zero-order valence-corrected chi connectivity index (χ0v) is 16.8. The standard InChI is InChI=1S/C23H20N2O5/c1-13(26)19-12-21(30-14(19)2)22-18-6-4-5-7-20(18)24(15(3)27)23(22)16-8-10-17(11-9-16)25(28)29/h4-12,22-23H,1-3H3/t22-,23+/m1/s1. The van der Waals surface area contributed by atoms with Gasteiger partial charge >= 0.3 is 0 Å². The molecule has 0 spiro atoms. The van der Waals surface area contributed by atoms with E-state index in [0.29, 0.717) is 17.1 Å². The Bertz CT molecular complexity index is 1160. The van der Waals surface area contributed by atoms with Crippen molar-refractivity contribution in [1.29, 1.82) is 0 Å². The Kier molecular flexibility index (Phi) is 4.73. The Morgan fingerprint density at radius 2 is 1.73 bits per heavy atom. The van der Waals surface area contributed by atoms with E-state index < -0.39 is 11.0 Å². The topological polar surface area (TPSA) is 93.7 Å². The Morgan fingerprint density at radius 1 is 1.07 bits per heavy atom. The van der Waals surface area contributed by atoms with Gasteiger partial charge in [-0.3, -0.25) is 19.7 Å². The van der Waals surface area contributed by atoms with Gasteiger partial charge in [-0.05, 0) is 37.1 Å². The molecule has 7 nitrogen and oxygen atoms in total. The number of amides is 1. The molecular weight excluding hydrogens is 384 g/mol. The summed E-state index contributed by atoms with van der Waals surface area (Å²) >= 11 is 0. The Labute approximate surface area is 173 Å². The molecule has 3 aromatic rings. The summed E-state index contributed by atoms with van der Waals surface area (Å²) in [4.78, 5) is 36.9. The minimum absolute atomic E-state index is 0.0205. The zero-order valence-electron chi connectivity index (χ0n) is 16.8. The second-order valence-corrected chi connectivity index (χ2v) is 7.39. The fourth-order valence-electron chi connectivity index (χ4n) is 4.26. The van der Waals surface area contributed by atoms with Gasteiger partial charge in [0.25, 0.3) is 5.69 Å². The number of nitro groups is 1. The molecule has 0 N–H and O–H groups in total. The molecular formula is C23H20N2O5. The van der Waals surface area contributed by atoms with Gasteiger partial charge in [0.05, 0.1) is 22.4 Å². The average molecular weight is 404 g/mol. The lowest BCUT2D eigenvalue weighted by molar-refractivity contribution is -0.384. The highest BCUT2D eigenvalue weighted by molar-refractivity contribution is 5.97. The Hall–Kier alpha value is -3.74. The third kappa shape index (κ3) is 3.08. The van der Waals surface area contributed by atoms with Crippen LogP contribution in [0.3, 0.4) is 0 Å². The molecule has 4 rings (SSSR count). The number of carbonyl (C=O) groups excluding carboxylic acids is 2. The van der Waals surface area contributed by atoms with Gasteiger partial charge in [0.2, 0.25) is 5.91 Å². The molecule has 1 aliphatic heterocycles. The van der Waals surface area contributed by atoms with E-state index in [1.165, 1.54) is 26.0 Å². The van der Waals surface area contributed by atoms with Gasteiger partial charge in [0, 0.05) is 24.7 Å². The molecule has 152 valence electrons. The molecule has 0 radical (unpaired) electrons. The van der Waals surface area contributed by atoms with Crippen LogP contribution in [0.15, 0.2) is 59.0 Å². The average Bonchev–Trinajstić information content (AvgIpc) is 3.26. The van der Waals surface area contributed by atoms with Crippen LogP contribution in [0.25, 0.3) is 0 Å². The quantitative estimate of drug-likeness (QED) is 0.349. The van der Waals surface area contributed by atoms with E-state index >= 15 is 0 Å². The lowest BCUT2D eigenvalue weighted by Crippen LogP contribution is -2.31. The number of ketones is 1. The number of aryl methyl sites for hydroxylation is 1. The molecule has 2 aromatic carbocycles. The van der Waals surface area contributed by atoms with E-state index in [0.717, 1.165) is 16.8 Å². The molecule has 0 saturated heterocycles. The van der Waals surface area contributed by atoms with Crippen LogP contribution in [0.5, 0.6) is 0 Å². The van der Waals surface area contributed by atoms with E-state index in [4.69, 9.17) is 4.42 Å². The molecule has 1 amide bonds. The van der Waals surface area contributed by atoms with Crippen LogP contribution in [0.2, 0.25) is 0 Å². The predicted octanol–water partition coefficient (Wildman–Crippen LogP) is 4.94. The number of hydrogen-bond donors (Lipinski definition) is 0. The molecule has 2 atom stereocenters. The first kappa shape index (κ1) is 19.6. The number of nitrogens with zero attached hydrogens (tertiary/aromatic N) is 2. The summed E-state index contributed by atoms with van der Waals surface area (Å²) in [6.45, 7) is 4.72. The van der Waals surface area contributed by atoms with Gasteiger partial charge < -0.3 is 9.32 Å². The number of fused-ring (bicyclic) bond motifs is 1. The van der Waals surface area contributed by atoms with Gasteiger partial charge in [-0.2, -0.15) is 0 Å². The van der Waals surface area contributed by atoms with Crippen LogP contribution >= 0.6 is 0 Å². The van der Waals surface area contributed by atoms with Crippen molar-refractivity contribution in [2.75, 3.05) is 4.90 Å². The third-order valence-electron chi connectivity index (χ3n) is 5.53. The SMILES string of the molecule is CC(=O)c1cc([C@H]2c3ccccc3N(C(C)=O)[C@H]2c2ccc([N+](=O)[O-])cc2)oc1C. The van der Waals surface area contributed by atoms with Crippen molar-refractivity contribution < 1.29 is 18.9 Å². The van der Waals surface area contributed by atoms with Crippen molar-refractivity contribution in [2.24, 2.45) is 0 Å². The molecule has 2 heterocycles. The van der Waals surface area contributed by atoms with E-state index in [9.17, 15) is 19.7 Å². The minimum Gasteiger partial charge on any atom is -0.465 e. The highest BCUT2D eigenvalue weighted by Gasteiger charge is 2.44. The van der Waals surface area contributed by atoms with Gasteiger partial charge in [0.15, 0.2) is 5.78 Å². The molecule has 1 aromatic heterocycles. The second-order valence-electron chi connectivity index (χ2n) is 7.39. The maximum absolute atomic E-state index is 12.7. The normalized spacial score (nSPS) is 17.6. The number of non-ortho nitro benzene ring substituents is 1. The summed E-state index contributed by atoms with van der Waals surface area (Å²) in [5.41, 5.74) is 2.89. The first-order valence-corrected chi connectivity index (χ1v) is 9.54. The molecule has 1 aliphatic rings. The first-order valence-electron chi connectivity index (χ1n) is 9.54. The molecule has 7 heteroatoms. The highest BCUT2D eigenvalue weighted by atomic mass is 16.6. The number of benzene rings is 2. The van der Waals surface area contributed by atoms with Crippen molar-refractivity contribution in [2.45, 2.75) is 32.7 Å². The minimum atomic E-state index is -0.456. The number of para-hydroxylation sites is 1. The largest absolute Gasteiger partial charge is 0.465 e. The summed E-state index contributed by atoms with van der Waals surface area (Å²) in [5.74, 6) is 0.516. The van der Waals surface area contributed by atoms with Gasteiger partial charge in [-0.15, -0.1) is 0 Å². The summed E-state index contributed by atoms with van der Waals surface area (Å²) in [7, 11) is 0. The zero-order chi connectivity index (χ0) is 21.6. The van der Waals surface area contributed by atoms with E-state index in [1.807, 2.05) is 24.3 Å². The number of hydrogen-bond acceptors (Lipinski definition) is 5. The second kappa shape index (κ2) is 7.26. The monoisotopic (exact) mass is 404 g/mol. The van der Waals surface area contributed by atoms with Gasteiger partial charge in [0.1, 0.15) is 11.5 Å².